The fourth-order valence-corrected chi connectivity index (χ4v) is 3.82. The summed E-state index contributed by atoms with van der Waals surface area (Å²) in [6, 6.07) is 15.1. The minimum Gasteiger partial charge on any atom is -0.462 e. The molecule has 2 aliphatic rings. The number of hydrogen-bond acceptors (Lipinski definition) is 6. The summed E-state index contributed by atoms with van der Waals surface area (Å²) < 4.78 is 5.16. The molecule has 6 heteroatoms. The zero-order valence-corrected chi connectivity index (χ0v) is 18.5. The Morgan fingerprint density at radius 3 is 2.23 bits per heavy atom. The van der Waals surface area contributed by atoms with E-state index in [1.54, 1.807) is 6.92 Å². The normalized spacial score (nSPS) is 25.5. The van der Waals surface area contributed by atoms with Crippen LogP contribution in [0.3, 0.4) is 0 Å². The van der Waals surface area contributed by atoms with Gasteiger partial charge in [-0.15, -0.1) is 0 Å². The third kappa shape index (κ3) is 4.81. The molecule has 4 atom stereocenters. The molecule has 0 radical (unpaired) electrons. The van der Waals surface area contributed by atoms with Crippen molar-refractivity contribution in [2.45, 2.75) is 58.0 Å². The molecule has 2 aliphatic heterocycles. The van der Waals surface area contributed by atoms with Crippen molar-refractivity contribution in [1.82, 2.24) is 5.06 Å². The second-order valence-corrected chi connectivity index (χ2v) is 7.78. The fourth-order valence-electron chi connectivity index (χ4n) is 3.82. The fraction of sp³-hybridized carbons (Fsp3) is 0.400. The highest BCUT2D eigenvalue weighted by atomic mass is 16.7. The van der Waals surface area contributed by atoms with E-state index in [2.05, 4.69) is 11.8 Å². The SMILES string of the molecule is CC.Cc1ccc(C#Cc2ccc(CN3OC([C@H](C)O)[C@@]4(N)COC(=O)[C@@H]34)cc2)cc1. The Bertz CT molecular complexity index is 960. The number of aryl methyl sites for hydroxylation is 1. The van der Waals surface area contributed by atoms with Crippen molar-refractivity contribution in [1.29, 1.82) is 0 Å². The van der Waals surface area contributed by atoms with E-state index in [4.69, 9.17) is 15.3 Å². The summed E-state index contributed by atoms with van der Waals surface area (Å²) in [7, 11) is 0. The number of cyclic esters (lactones) is 1. The predicted molar refractivity (Wildman–Crippen MR) is 119 cm³/mol. The van der Waals surface area contributed by atoms with Gasteiger partial charge < -0.3 is 15.6 Å². The van der Waals surface area contributed by atoms with Gasteiger partial charge >= 0.3 is 5.97 Å². The number of benzene rings is 2. The maximum atomic E-state index is 12.2. The smallest absolute Gasteiger partial charge is 0.328 e. The summed E-state index contributed by atoms with van der Waals surface area (Å²) in [5, 5.41) is 11.6. The minimum atomic E-state index is -1.05. The quantitative estimate of drug-likeness (QED) is 0.584. The first-order chi connectivity index (χ1) is 14.9. The van der Waals surface area contributed by atoms with Gasteiger partial charge in [-0.1, -0.05) is 55.5 Å². The van der Waals surface area contributed by atoms with Gasteiger partial charge in [-0.2, -0.15) is 5.06 Å². The van der Waals surface area contributed by atoms with Gasteiger partial charge in [0.1, 0.15) is 18.2 Å². The van der Waals surface area contributed by atoms with Crippen LogP contribution >= 0.6 is 0 Å². The van der Waals surface area contributed by atoms with Gasteiger partial charge in [0.25, 0.3) is 0 Å². The van der Waals surface area contributed by atoms with E-state index in [1.165, 1.54) is 10.6 Å². The Kier molecular flexibility index (Phi) is 7.14. The van der Waals surface area contributed by atoms with Crippen LogP contribution in [0.5, 0.6) is 0 Å². The molecule has 1 unspecified atom stereocenters. The van der Waals surface area contributed by atoms with Gasteiger partial charge in [-0.25, -0.2) is 0 Å². The molecule has 3 N–H and O–H groups in total. The summed E-state index contributed by atoms with van der Waals surface area (Å²) in [5.41, 5.74) is 9.34. The van der Waals surface area contributed by atoms with Crippen molar-refractivity contribution in [2.24, 2.45) is 5.73 Å². The Balaban J connectivity index is 0.00000132. The summed E-state index contributed by atoms with van der Waals surface area (Å²) in [6.45, 7) is 8.04. The van der Waals surface area contributed by atoms with Crippen molar-refractivity contribution in [2.75, 3.05) is 6.61 Å². The molecular formula is C25H30N2O4. The van der Waals surface area contributed by atoms with Crippen molar-refractivity contribution in [3.8, 4) is 11.8 Å². The maximum Gasteiger partial charge on any atom is 0.328 e. The van der Waals surface area contributed by atoms with Crippen LogP contribution in [0.2, 0.25) is 0 Å². The van der Waals surface area contributed by atoms with Crippen LogP contribution in [-0.4, -0.2) is 46.5 Å². The molecule has 0 amide bonds. The first kappa shape index (κ1) is 23.0. The number of fused-ring (bicyclic) bond motifs is 1. The van der Waals surface area contributed by atoms with Gasteiger partial charge in [-0.05, 0) is 43.7 Å². The number of aliphatic hydroxyl groups is 1. The standard InChI is InChI=1S/C23H24N2O4.C2H6/c1-15-3-5-17(6-4-15)7-8-18-9-11-19(12-10-18)13-25-20-22(27)28-14-23(20,24)21(29-25)16(2)26;1-2/h3-6,9-12,16,20-21,26H,13-14,24H2,1-2H3;1-2H3/t16-,20+,21?,23+;/m0./s1. The number of nitrogens with zero attached hydrogens (tertiary/aromatic N) is 1. The lowest BCUT2D eigenvalue weighted by molar-refractivity contribution is -0.202. The lowest BCUT2D eigenvalue weighted by Gasteiger charge is -2.26. The van der Waals surface area contributed by atoms with Crippen LogP contribution in [0.25, 0.3) is 0 Å². The Morgan fingerprint density at radius 1 is 1.13 bits per heavy atom. The zero-order valence-electron chi connectivity index (χ0n) is 18.5. The average molecular weight is 423 g/mol. The van der Waals surface area contributed by atoms with Gasteiger partial charge in [-0.3, -0.25) is 9.63 Å². The van der Waals surface area contributed by atoms with Crippen LogP contribution in [0.4, 0.5) is 0 Å². The predicted octanol–water partition coefficient (Wildman–Crippen LogP) is 2.54. The molecule has 0 saturated carbocycles. The highest BCUT2D eigenvalue weighted by Crippen LogP contribution is 2.37. The number of ether oxygens (including phenoxy) is 1. The lowest BCUT2D eigenvalue weighted by atomic mass is 9.86. The van der Waals surface area contributed by atoms with Crippen molar-refractivity contribution in [3.63, 3.8) is 0 Å². The topological polar surface area (TPSA) is 85.0 Å². The molecule has 31 heavy (non-hydrogen) atoms. The maximum absolute atomic E-state index is 12.2. The molecule has 6 nitrogen and oxygen atoms in total. The molecule has 2 saturated heterocycles. The molecule has 0 spiro atoms. The Morgan fingerprint density at radius 2 is 1.68 bits per heavy atom. The highest BCUT2D eigenvalue weighted by molar-refractivity contribution is 5.80. The Labute approximate surface area is 183 Å². The first-order valence-electron chi connectivity index (χ1n) is 10.6. The monoisotopic (exact) mass is 422 g/mol. The largest absolute Gasteiger partial charge is 0.462 e. The van der Waals surface area contributed by atoms with Crippen molar-refractivity contribution in [3.05, 3.63) is 70.8 Å². The Hall–Kier alpha value is -2.69. The number of rotatable bonds is 3. The number of esters is 1. The third-order valence-corrected chi connectivity index (χ3v) is 5.40. The van der Waals surface area contributed by atoms with E-state index >= 15 is 0 Å². The van der Waals surface area contributed by atoms with Gasteiger partial charge in [0, 0.05) is 11.1 Å². The van der Waals surface area contributed by atoms with Crippen LogP contribution in [0.1, 0.15) is 43.0 Å². The third-order valence-electron chi connectivity index (χ3n) is 5.40. The number of hydroxylamine groups is 2. The lowest BCUT2D eigenvalue weighted by Crippen LogP contribution is -2.59. The van der Waals surface area contributed by atoms with E-state index < -0.39 is 29.8 Å². The number of hydrogen-bond donors (Lipinski definition) is 2. The minimum absolute atomic E-state index is 0.0378. The van der Waals surface area contributed by atoms with Crippen LogP contribution in [-0.2, 0) is 20.9 Å². The van der Waals surface area contributed by atoms with Gasteiger partial charge in [0.05, 0.1) is 12.6 Å². The van der Waals surface area contributed by atoms with Crippen molar-refractivity contribution < 1.29 is 19.5 Å². The summed E-state index contributed by atoms with van der Waals surface area (Å²) in [6.07, 6.45) is -1.51. The molecular weight excluding hydrogens is 392 g/mol. The van der Waals surface area contributed by atoms with Crippen molar-refractivity contribution >= 4 is 5.97 Å². The molecule has 0 aliphatic carbocycles. The van der Waals surface area contributed by atoms with Crippen LogP contribution in [0, 0.1) is 18.8 Å². The highest BCUT2D eigenvalue weighted by Gasteiger charge is 2.63. The zero-order chi connectivity index (χ0) is 22.6. The summed E-state index contributed by atoms with van der Waals surface area (Å²) in [4.78, 5) is 18.0. The summed E-state index contributed by atoms with van der Waals surface area (Å²) >= 11 is 0. The first-order valence-corrected chi connectivity index (χ1v) is 10.6. The molecule has 2 aromatic rings. The van der Waals surface area contributed by atoms with E-state index in [-0.39, 0.29) is 6.61 Å². The molecule has 2 heterocycles. The average Bonchev–Trinajstić information content (AvgIpc) is 3.23. The number of carbonyl (C=O) groups excluding carboxylic acids is 1. The molecule has 0 aromatic heterocycles. The van der Waals surface area contributed by atoms with Crippen LogP contribution in [0.15, 0.2) is 48.5 Å². The van der Waals surface area contributed by atoms with Crippen LogP contribution < -0.4 is 5.73 Å². The summed E-state index contributed by atoms with van der Waals surface area (Å²) in [5.74, 6) is 5.88. The number of carbonyl (C=O) groups is 1. The molecule has 4 rings (SSSR count). The molecule has 2 fully saturated rings. The molecule has 2 aromatic carbocycles. The van der Waals surface area contributed by atoms with E-state index in [9.17, 15) is 9.90 Å². The van der Waals surface area contributed by atoms with Gasteiger partial charge in [0.15, 0.2) is 6.04 Å². The van der Waals surface area contributed by atoms with E-state index in [0.29, 0.717) is 6.54 Å². The molecule has 164 valence electrons. The second kappa shape index (κ2) is 9.63. The molecule has 0 bridgehead atoms. The number of aliphatic hydroxyl groups excluding tert-OH is 1. The van der Waals surface area contributed by atoms with E-state index in [1.807, 2.05) is 69.3 Å². The second-order valence-electron chi connectivity index (χ2n) is 7.78. The van der Waals surface area contributed by atoms with E-state index in [0.717, 1.165) is 16.7 Å². The van der Waals surface area contributed by atoms with Gasteiger partial charge in [0.2, 0.25) is 0 Å². The number of nitrogens with two attached hydrogens (primary N) is 1.